The fraction of sp³-hybridized carbons (Fsp3) is 0.786. The second kappa shape index (κ2) is 6.72. The normalized spacial score (nSPS) is 14.4. The van der Waals surface area contributed by atoms with Crippen LogP contribution in [-0.2, 0) is 0 Å². The Morgan fingerprint density at radius 3 is 2.55 bits per heavy atom. The zero-order valence-electron chi connectivity index (χ0n) is 12.9. The average molecular weight is 279 g/mol. The summed E-state index contributed by atoms with van der Waals surface area (Å²) < 4.78 is 5.46. The number of aromatic nitrogens is 3. The van der Waals surface area contributed by atoms with Gasteiger partial charge in [0.05, 0.1) is 6.61 Å². The molecular formula is C14H25N5O. The molecule has 1 aliphatic rings. The van der Waals surface area contributed by atoms with E-state index in [0.29, 0.717) is 30.6 Å². The zero-order valence-corrected chi connectivity index (χ0v) is 12.9. The third-order valence-corrected chi connectivity index (χ3v) is 3.24. The molecule has 112 valence electrons. The van der Waals surface area contributed by atoms with Gasteiger partial charge in [0, 0.05) is 19.1 Å². The van der Waals surface area contributed by atoms with E-state index in [1.165, 1.54) is 12.8 Å². The first-order valence-corrected chi connectivity index (χ1v) is 7.53. The lowest BCUT2D eigenvalue weighted by Crippen LogP contribution is -2.34. The van der Waals surface area contributed by atoms with Crippen molar-refractivity contribution < 1.29 is 4.74 Å². The van der Waals surface area contributed by atoms with Gasteiger partial charge in [0.25, 0.3) is 0 Å². The van der Waals surface area contributed by atoms with Crippen LogP contribution in [0.1, 0.15) is 40.5 Å². The van der Waals surface area contributed by atoms with Crippen LogP contribution in [0, 0.1) is 5.92 Å². The molecule has 1 N–H and O–H groups in total. The van der Waals surface area contributed by atoms with E-state index in [0.717, 1.165) is 19.0 Å². The Hall–Kier alpha value is -1.59. The molecule has 1 aliphatic carbocycles. The molecule has 0 spiro atoms. The van der Waals surface area contributed by atoms with Crippen molar-refractivity contribution in [1.82, 2.24) is 15.0 Å². The van der Waals surface area contributed by atoms with Gasteiger partial charge in [-0.1, -0.05) is 0 Å². The third kappa shape index (κ3) is 3.95. The van der Waals surface area contributed by atoms with Crippen LogP contribution in [0.15, 0.2) is 0 Å². The Balaban J connectivity index is 2.25. The molecule has 20 heavy (non-hydrogen) atoms. The predicted molar refractivity (Wildman–Crippen MR) is 80.4 cm³/mol. The van der Waals surface area contributed by atoms with E-state index in [9.17, 15) is 0 Å². The fourth-order valence-corrected chi connectivity index (χ4v) is 2.01. The molecule has 1 aromatic rings. The van der Waals surface area contributed by atoms with Crippen molar-refractivity contribution in [3.63, 3.8) is 0 Å². The standard InChI is InChI=1S/C14H25N5O/c1-5-15-12-16-13(18-14(17-12)20-6-2)19(10(3)4)9-11-7-8-11/h10-11H,5-9H2,1-4H3,(H,15,16,17,18). The Morgan fingerprint density at radius 2 is 2.00 bits per heavy atom. The summed E-state index contributed by atoms with van der Waals surface area (Å²) in [6.45, 7) is 10.6. The fourth-order valence-electron chi connectivity index (χ4n) is 2.01. The van der Waals surface area contributed by atoms with Crippen LogP contribution in [-0.4, -0.2) is 40.7 Å². The lowest BCUT2D eigenvalue weighted by Gasteiger charge is -2.27. The highest BCUT2D eigenvalue weighted by atomic mass is 16.5. The number of hydrogen-bond donors (Lipinski definition) is 1. The van der Waals surface area contributed by atoms with Gasteiger partial charge in [0.2, 0.25) is 11.9 Å². The number of hydrogen-bond acceptors (Lipinski definition) is 6. The van der Waals surface area contributed by atoms with Crippen LogP contribution in [0.5, 0.6) is 6.01 Å². The summed E-state index contributed by atoms with van der Waals surface area (Å²) in [7, 11) is 0. The van der Waals surface area contributed by atoms with Gasteiger partial charge in [-0.3, -0.25) is 0 Å². The van der Waals surface area contributed by atoms with Crippen LogP contribution >= 0.6 is 0 Å². The number of nitrogens with zero attached hydrogens (tertiary/aromatic N) is 4. The average Bonchev–Trinajstić information content (AvgIpc) is 3.20. The van der Waals surface area contributed by atoms with E-state index < -0.39 is 0 Å². The van der Waals surface area contributed by atoms with Crippen molar-refractivity contribution in [3.8, 4) is 6.01 Å². The lowest BCUT2D eigenvalue weighted by atomic mass is 10.3. The van der Waals surface area contributed by atoms with Gasteiger partial charge in [-0.2, -0.15) is 15.0 Å². The minimum atomic E-state index is 0.363. The molecule has 0 bridgehead atoms. The Bertz CT molecular complexity index is 409. The van der Waals surface area contributed by atoms with Gasteiger partial charge >= 0.3 is 6.01 Å². The van der Waals surface area contributed by atoms with Crippen molar-refractivity contribution in [2.75, 3.05) is 29.9 Å². The second-order valence-corrected chi connectivity index (χ2v) is 5.39. The largest absolute Gasteiger partial charge is 0.464 e. The molecular weight excluding hydrogens is 254 g/mol. The van der Waals surface area contributed by atoms with Gasteiger partial charge in [-0.05, 0) is 46.5 Å². The van der Waals surface area contributed by atoms with E-state index in [4.69, 9.17) is 4.74 Å². The van der Waals surface area contributed by atoms with E-state index in [2.05, 4.69) is 39.0 Å². The predicted octanol–water partition coefficient (Wildman–Crippen LogP) is 2.33. The lowest BCUT2D eigenvalue weighted by molar-refractivity contribution is 0.311. The van der Waals surface area contributed by atoms with Gasteiger partial charge in [0.15, 0.2) is 0 Å². The number of rotatable bonds is 8. The summed E-state index contributed by atoms with van der Waals surface area (Å²) in [5, 5.41) is 3.14. The molecule has 6 heteroatoms. The molecule has 0 amide bonds. The van der Waals surface area contributed by atoms with E-state index >= 15 is 0 Å². The highest BCUT2D eigenvalue weighted by molar-refractivity contribution is 5.39. The van der Waals surface area contributed by atoms with Crippen molar-refractivity contribution in [2.45, 2.75) is 46.6 Å². The molecule has 0 saturated heterocycles. The van der Waals surface area contributed by atoms with Crippen LogP contribution in [0.25, 0.3) is 0 Å². The summed E-state index contributed by atoms with van der Waals surface area (Å²) in [5.74, 6) is 2.08. The molecule has 0 aliphatic heterocycles. The van der Waals surface area contributed by atoms with Crippen molar-refractivity contribution >= 4 is 11.9 Å². The smallest absolute Gasteiger partial charge is 0.323 e. The molecule has 2 rings (SSSR count). The van der Waals surface area contributed by atoms with Gasteiger partial charge < -0.3 is 15.0 Å². The first-order valence-electron chi connectivity index (χ1n) is 7.53. The molecule has 1 heterocycles. The molecule has 0 aromatic carbocycles. The monoisotopic (exact) mass is 279 g/mol. The molecule has 0 atom stereocenters. The summed E-state index contributed by atoms with van der Waals surface area (Å²) in [6, 6.07) is 0.761. The SMILES string of the molecule is CCNc1nc(OCC)nc(N(CC2CC2)C(C)C)n1. The first kappa shape index (κ1) is 14.8. The Morgan fingerprint density at radius 1 is 1.25 bits per heavy atom. The minimum absolute atomic E-state index is 0.363. The van der Waals surface area contributed by atoms with Crippen LogP contribution in [0.2, 0.25) is 0 Å². The molecule has 6 nitrogen and oxygen atoms in total. The van der Waals surface area contributed by atoms with Crippen molar-refractivity contribution in [1.29, 1.82) is 0 Å². The summed E-state index contributed by atoms with van der Waals surface area (Å²) in [4.78, 5) is 15.5. The highest BCUT2D eigenvalue weighted by Crippen LogP contribution is 2.31. The van der Waals surface area contributed by atoms with E-state index in [1.807, 2.05) is 13.8 Å². The molecule has 0 unspecified atom stereocenters. The maximum Gasteiger partial charge on any atom is 0.323 e. The molecule has 1 fully saturated rings. The number of ether oxygens (including phenoxy) is 1. The van der Waals surface area contributed by atoms with Crippen LogP contribution in [0.4, 0.5) is 11.9 Å². The number of nitrogens with one attached hydrogen (secondary N) is 1. The summed E-state index contributed by atoms with van der Waals surface area (Å²) in [6.07, 6.45) is 2.62. The van der Waals surface area contributed by atoms with Crippen molar-refractivity contribution in [2.24, 2.45) is 5.92 Å². The van der Waals surface area contributed by atoms with Crippen LogP contribution < -0.4 is 15.0 Å². The first-order chi connectivity index (χ1) is 9.63. The Kier molecular flexibility index (Phi) is 4.98. The topological polar surface area (TPSA) is 63.2 Å². The minimum Gasteiger partial charge on any atom is -0.464 e. The molecule has 0 radical (unpaired) electrons. The highest BCUT2D eigenvalue weighted by Gasteiger charge is 2.27. The maximum absolute atomic E-state index is 5.46. The van der Waals surface area contributed by atoms with Gasteiger partial charge in [-0.15, -0.1) is 0 Å². The third-order valence-electron chi connectivity index (χ3n) is 3.24. The molecule has 1 saturated carbocycles. The summed E-state index contributed by atoms with van der Waals surface area (Å²) in [5.41, 5.74) is 0. The van der Waals surface area contributed by atoms with Crippen LogP contribution in [0.3, 0.4) is 0 Å². The second-order valence-electron chi connectivity index (χ2n) is 5.39. The maximum atomic E-state index is 5.46. The van der Waals surface area contributed by atoms with Gasteiger partial charge in [-0.25, -0.2) is 0 Å². The zero-order chi connectivity index (χ0) is 14.5. The van der Waals surface area contributed by atoms with E-state index in [-0.39, 0.29) is 0 Å². The number of anilines is 2. The van der Waals surface area contributed by atoms with E-state index in [1.54, 1.807) is 0 Å². The summed E-state index contributed by atoms with van der Waals surface area (Å²) >= 11 is 0. The molecule has 1 aromatic heterocycles. The quantitative estimate of drug-likeness (QED) is 0.788. The van der Waals surface area contributed by atoms with Crippen molar-refractivity contribution in [3.05, 3.63) is 0 Å². The Labute approximate surface area is 121 Å². The van der Waals surface area contributed by atoms with Gasteiger partial charge in [0.1, 0.15) is 0 Å².